The van der Waals surface area contributed by atoms with Gasteiger partial charge in [-0.1, -0.05) is 6.92 Å². The third-order valence-corrected chi connectivity index (χ3v) is 2.36. The minimum atomic E-state index is -0.368. The largest absolute Gasteiger partial charge is 0.394 e. The molecule has 1 aliphatic rings. The molecule has 0 unspecified atom stereocenters. The SMILES string of the molecule is C[C@@H]1O[C@H](CO)[C@@H](C)C[C@@H]1O. The van der Waals surface area contributed by atoms with Crippen molar-refractivity contribution in [2.24, 2.45) is 5.92 Å². The fraction of sp³-hybridized carbons (Fsp3) is 1.00. The van der Waals surface area contributed by atoms with E-state index in [1.807, 2.05) is 13.8 Å². The monoisotopic (exact) mass is 160 g/mol. The van der Waals surface area contributed by atoms with Crippen LogP contribution in [-0.4, -0.2) is 35.1 Å². The van der Waals surface area contributed by atoms with Crippen molar-refractivity contribution < 1.29 is 14.9 Å². The lowest BCUT2D eigenvalue weighted by Crippen LogP contribution is -2.43. The van der Waals surface area contributed by atoms with Gasteiger partial charge in [0.05, 0.1) is 24.9 Å². The lowest BCUT2D eigenvalue weighted by Gasteiger charge is -2.35. The Labute approximate surface area is 67.0 Å². The molecule has 2 N–H and O–H groups in total. The molecule has 0 aromatic heterocycles. The molecule has 1 fully saturated rings. The van der Waals surface area contributed by atoms with Gasteiger partial charge in [0.2, 0.25) is 0 Å². The first-order valence-corrected chi connectivity index (χ1v) is 4.09. The molecule has 0 saturated carbocycles. The van der Waals surface area contributed by atoms with E-state index in [4.69, 9.17) is 9.84 Å². The van der Waals surface area contributed by atoms with Gasteiger partial charge < -0.3 is 14.9 Å². The maximum Gasteiger partial charge on any atom is 0.0837 e. The highest BCUT2D eigenvalue weighted by Gasteiger charge is 2.31. The molecular formula is C8H16O3. The Bertz CT molecular complexity index is 127. The molecule has 1 saturated heterocycles. The van der Waals surface area contributed by atoms with Gasteiger partial charge in [0.25, 0.3) is 0 Å². The van der Waals surface area contributed by atoms with Crippen molar-refractivity contribution in [1.82, 2.24) is 0 Å². The molecule has 66 valence electrons. The fourth-order valence-corrected chi connectivity index (χ4v) is 1.45. The summed E-state index contributed by atoms with van der Waals surface area (Å²) in [4.78, 5) is 0. The van der Waals surface area contributed by atoms with Crippen molar-refractivity contribution in [3.05, 3.63) is 0 Å². The number of ether oxygens (including phenoxy) is 1. The topological polar surface area (TPSA) is 49.7 Å². The van der Waals surface area contributed by atoms with Crippen LogP contribution in [0.15, 0.2) is 0 Å². The maximum atomic E-state index is 9.35. The summed E-state index contributed by atoms with van der Waals surface area (Å²) >= 11 is 0. The molecule has 1 aliphatic heterocycles. The van der Waals surface area contributed by atoms with Gasteiger partial charge in [0, 0.05) is 0 Å². The van der Waals surface area contributed by atoms with E-state index in [9.17, 15) is 5.11 Å². The Hall–Kier alpha value is -0.120. The predicted octanol–water partition coefficient (Wildman–Crippen LogP) is 0.153. The standard InChI is InChI=1S/C8H16O3/c1-5-3-7(10)6(2)11-8(5)4-9/h5-10H,3-4H2,1-2H3/t5-,6-,7-,8+/m0/s1. The zero-order chi connectivity index (χ0) is 8.43. The van der Waals surface area contributed by atoms with Crippen LogP contribution in [0.2, 0.25) is 0 Å². The molecule has 3 heteroatoms. The van der Waals surface area contributed by atoms with Gasteiger partial charge in [0.15, 0.2) is 0 Å². The van der Waals surface area contributed by atoms with Crippen molar-refractivity contribution in [2.45, 2.75) is 38.6 Å². The first kappa shape index (κ1) is 8.97. The third kappa shape index (κ3) is 1.92. The van der Waals surface area contributed by atoms with Gasteiger partial charge >= 0.3 is 0 Å². The predicted molar refractivity (Wildman–Crippen MR) is 41.2 cm³/mol. The van der Waals surface area contributed by atoms with E-state index in [-0.39, 0.29) is 30.8 Å². The molecule has 1 heterocycles. The molecule has 0 radical (unpaired) electrons. The summed E-state index contributed by atoms with van der Waals surface area (Å²) in [5.41, 5.74) is 0. The first-order valence-electron chi connectivity index (χ1n) is 4.09. The van der Waals surface area contributed by atoms with Gasteiger partial charge in [-0.15, -0.1) is 0 Å². The molecule has 1 rings (SSSR count). The zero-order valence-electron chi connectivity index (χ0n) is 7.03. The first-order chi connectivity index (χ1) is 5.15. The number of aliphatic hydroxyl groups excluding tert-OH is 2. The molecule has 11 heavy (non-hydrogen) atoms. The smallest absolute Gasteiger partial charge is 0.0837 e. The molecular weight excluding hydrogens is 144 g/mol. The van der Waals surface area contributed by atoms with Crippen LogP contribution in [0.1, 0.15) is 20.3 Å². The van der Waals surface area contributed by atoms with E-state index >= 15 is 0 Å². The van der Waals surface area contributed by atoms with Gasteiger partial charge in [-0.05, 0) is 19.3 Å². The van der Waals surface area contributed by atoms with Crippen molar-refractivity contribution in [3.8, 4) is 0 Å². The average Bonchev–Trinajstić information content (AvgIpc) is 1.97. The summed E-state index contributed by atoms with van der Waals surface area (Å²) in [7, 11) is 0. The fourth-order valence-electron chi connectivity index (χ4n) is 1.45. The van der Waals surface area contributed by atoms with E-state index in [2.05, 4.69) is 0 Å². The Balaban J connectivity index is 2.48. The van der Waals surface area contributed by atoms with Crippen LogP contribution in [0.5, 0.6) is 0 Å². The molecule has 0 spiro atoms. The summed E-state index contributed by atoms with van der Waals surface area (Å²) < 4.78 is 5.36. The molecule has 0 aromatic rings. The molecule has 3 nitrogen and oxygen atoms in total. The van der Waals surface area contributed by atoms with E-state index in [1.54, 1.807) is 0 Å². The quantitative estimate of drug-likeness (QED) is 0.574. The van der Waals surface area contributed by atoms with Crippen LogP contribution < -0.4 is 0 Å². The lowest BCUT2D eigenvalue weighted by molar-refractivity contribution is -0.146. The average molecular weight is 160 g/mol. The van der Waals surface area contributed by atoms with Crippen LogP contribution in [0.25, 0.3) is 0 Å². The van der Waals surface area contributed by atoms with Crippen LogP contribution in [0, 0.1) is 5.92 Å². The van der Waals surface area contributed by atoms with Crippen LogP contribution in [-0.2, 0) is 4.74 Å². The summed E-state index contributed by atoms with van der Waals surface area (Å²) in [6.45, 7) is 3.87. The summed E-state index contributed by atoms with van der Waals surface area (Å²) in [6.07, 6.45) is 0.136. The third-order valence-electron chi connectivity index (χ3n) is 2.36. The van der Waals surface area contributed by atoms with Crippen molar-refractivity contribution in [3.63, 3.8) is 0 Å². The number of aliphatic hydroxyl groups is 2. The van der Waals surface area contributed by atoms with E-state index < -0.39 is 0 Å². The van der Waals surface area contributed by atoms with E-state index in [0.29, 0.717) is 0 Å². The Morgan fingerprint density at radius 2 is 2.09 bits per heavy atom. The Morgan fingerprint density at radius 3 is 2.64 bits per heavy atom. The van der Waals surface area contributed by atoms with Gasteiger partial charge in [-0.25, -0.2) is 0 Å². The Morgan fingerprint density at radius 1 is 1.45 bits per heavy atom. The maximum absolute atomic E-state index is 9.35. The van der Waals surface area contributed by atoms with Gasteiger partial charge in [0.1, 0.15) is 0 Å². The van der Waals surface area contributed by atoms with Gasteiger partial charge in [-0.3, -0.25) is 0 Å². The van der Waals surface area contributed by atoms with Crippen LogP contribution in [0.3, 0.4) is 0 Å². The van der Waals surface area contributed by atoms with Crippen molar-refractivity contribution in [2.75, 3.05) is 6.61 Å². The highest BCUT2D eigenvalue weighted by atomic mass is 16.5. The second-order valence-electron chi connectivity index (χ2n) is 3.34. The molecule has 0 amide bonds. The minimum Gasteiger partial charge on any atom is -0.394 e. The normalized spacial score (nSPS) is 45.8. The Kier molecular flexibility index (Phi) is 2.87. The lowest BCUT2D eigenvalue weighted by atomic mass is 9.92. The van der Waals surface area contributed by atoms with E-state index in [1.165, 1.54) is 0 Å². The molecule has 4 atom stereocenters. The highest BCUT2D eigenvalue weighted by molar-refractivity contribution is 4.79. The highest BCUT2D eigenvalue weighted by Crippen LogP contribution is 2.24. The van der Waals surface area contributed by atoms with Crippen LogP contribution >= 0.6 is 0 Å². The minimum absolute atomic E-state index is 0.0538. The number of hydrogen-bond acceptors (Lipinski definition) is 3. The van der Waals surface area contributed by atoms with Crippen molar-refractivity contribution >= 4 is 0 Å². The van der Waals surface area contributed by atoms with Gasteiger partial charge in [-0.2, -0.15) is 0 Å². The summed E-state index contributed by atoms with van der Waals surface area (Å²) in [5.74, 6) is 0.256. The summed E-state index contributed by atoms with van der Waals surface area (Å²) in [6, 6.07) is 0. The second kappa shape index (κ2) is 3.52. The second-order valence-corrected chi connectivity index (χ2v) is 3.34. The molecule has 0 aromatic carbocycles. The molecule has 0 aliphatic carbocycles. The van der Waals surface area contributed by atoms with Crippen LogP contribution in [0.4, 0.5) is 0 Å². The van der Waals surface area contributed by atoms with E-state index in [0.717, 1.165) is 6.42 Å². The van der Waals surface area contributed by atoms with Crippen molar-refractivity contribution in [1.29, 1.82) is 0 Å². The zero-order valence-corrected chi connectivity index (χ0v) is 7.03. The molecule has 0 bridgehead atoms. The number of rotatable bonds is 1. The number of hydrogen-bond donors (Lipinski definition) is 2. The summed E-state index contributed by atoms with van der Waals surface area (Å²) in [5, 5.41) is 18.2.